The quantitative estimate of drug-likeness (QED) is 0.361. The Morgan fingerprint density at radius 1 is 1.28 bits per heavy atom. The van der Waals surface area contributed by atoms with Gasteiger partial charge in [-0.3, -0.25) is 9.59 Å². The van der Waals surface area contributed by atoms with Crippen molar-refractivity contribution in [3.8, 4) is 11.8 Å². The van der Waals surface area contributed by atoms with Crippen LogP contribution in [0.5, 0.6) is 5.75 Å². The molecule has 12 heteroatoms. The summed E-state index contributed by atoms with van der Waals surface area (Å²) in [5, 5.41) is 34.4. The fraction of sp³-hybridized carbons (Fsp3) is 0.375. The predicted octanol–water partition coefficient (Wildman–Crippen LogP) is 2.83. The number of fused-ring (bicyclic) bond motifs is 1. The number of carbonyl (C=O) groups excluding carboxylic acids is 2. The highest BCUT2D eigenvalue weighted by Gasteiger charge is 2.24. The number of aryl methyl sites for hydroxylation is 1. The maximum absolute atomic E-state index is 12.6. The van der Waals surface area contributed by atoms with E-state index in [9.17, 15) is 20.0 Å². The van der Waals surface area contributed by atoms with Crippen LogP contribution < -0.4 is 15.4 Å². The minimum absolute atomic E-state index is 0.0708. The maximum Gasteiger partial charge on any atom is 0.251 e. The third kappa shape index (κ3) is 5.53. The van der Waals surface area contributed by atoms with Crippen LogP contribution in [0.25, 0.3) is 0 Å². The second-order valence-corrected chi connectivity index (χ2v) is 10.2. The summed E-state index contributed by atoms with van der Waals surface area (Å²) >= 11 is 2.67. The number of methoxy groups -OCH3 is 1. The number of amides is 2. The lowest BCUT2D eigenvalue weighted by molar-refractivity contribution is -0.113. The largest absolute Gasteiger partial charge is 0.497 e. The number of thiophene rings is 1. The topological polar surface area (TPSA) is 142 Å². The standard InChI is InChI=1S/C24H26N6O4S2/c1-30-21(18(12-31)26-22(33)14-7-9-15(34-2)10-8-14)28-29-24(30)35-13-20(32)27-23-17(11-25)16-5-3-4-6-19(16)36-23/h7-10,18,31H,3-6,12-13H2,1-2H3,(H,26,33)(H,27,32)/t18-/m0/s1. The maximum atomic E-state index is 12.6. The first-order valence-corrected chi connectivity index (χ1v) is 13.2. The summed E-state index contributed by atoms with van der Waals surface area (Å²) in [7, 11) is 3.25. The van der Waals surface area contributed by atoms with Crippen molar-refractivity contribution in [3.63, 3.8) is 0 Å². The number of nitriles is 1. The molecule has 4 rings (SSSR count). The summed E-state index contributed by atoms with van der Waals surface area (Å²) in [6.45, 7) is -0.376. The van der Waals surface area contributed by atoms with Gasteiger partial charge in [0.15, 0.2) is 11.0 Å². The first kappa shape index (κ1) is 25.7. The number of anilines is 1. The zero-order chi connectivity index (χ0) is 25.7. The number of aromatic nitrogens is 3. The number of benzene rings is 1. The molecule has 0 unspecified atom stereocenters. The van der Waals surface area contributed by atoms with Gasteiger partial charge < -0.3 is 25.0 Å². The third-order valence-corrected chi connectivity index (χ3v) is 8.12. The molecule has 36 heavy (non-hydrogen) atoms. The molecule has 0 bridgehead atoms. The molecular weight excluding hydrogens is 500 g/mol. The van der Waals surface area contributed by atoms with Gasteiger partial charge in [-0.25, -0.2) is 0 Å². The van der Waals surface area contributed by atoms with Crippen LogP contribution in [0.1, 0.15) is 51.1 Å². The molecule has 1 aromatic carbocycles. The number of hydrogen-bond donors (Lipinski definition) is 3. The molecule has 0 radical (unpaired) electrons. The van der Waals surface area contributed by atoms with Crippen LogP contribution >= 0.6 is 23.1 Å². The van der Waals surface area contributed by atoms with Gasteiger partial charge >= 0.3 is 0 Å². The summed E-state index contributed by atoms with van der Waals surface area (Å²) in [4.78, 5) is 26.4. The van der Waals surface area contributed by atoms with Gasteiger partial charge in [-0.15, -0.1) is 21.5 Å². The van der Waals surface area contributed by atoms with Gasteiger partial charge in [-0.1, -0.05) is 11.8 Å². The molecular formula is C24H26N6O4S2. The molecule has 0 saturated carbocycles. The summed E-state index contributed by atoms with van der Waals surface area (Å²) < 4.78 is 6.74. The molecule has 10 nitrogen and oxygen atoms in total. The van der Waals surface area contributed by atoms with Crippen LogP contribution in [0.3, 0.4) is 0 Å². The number of nitrogens with one attached hydrogen (secondary N) is 2. The first-order chi connectivity index (χ1) is 17.4. The van der Waals surface area contributed by atoms with Crippen LogP contribution in [0.15, 0.2) is 29.4 Å². The first-order valence-electron chi connectivity index (χ1n) is 11.4. The molecule has 3 N–H and O–H groups in total. The van der Waals surface area contributed by atoms with Crippen molar-refractivity contribution in [2.24, 2.45) is 7.05 Å². The van der Waals surface area contributed by atoms with E-state index in [1.54, 1.807) is 43.0 Å². The number of aliphatic hydroxyl groups is 1. The molecule has 0 fully saturated rings. The van der Waals surface area contributed by atoms with Crippen molar-refractivity contribution in [1.82, 2.24) is 20.1 Å². The van der Waals surface area contributed by atoms with Crippen molar-refractivity contribution in [3.05, 3.63) is 51.7 Å². The van der Waals surface area contributed by atoms with Crippen molar-refractivity contribution in [2.75, 3.05) is 24.8 Å². The van der Waals surface area contributed by atoms with Gasteiger partial charge in [0.25, 0.3) is 5.91 Å². The van der Waals surface area contributed by atoms with Crippen molar-refractivity contribution < 1.29 is 19.4 Å². The van der Waals surface area contributed by atoms with E-state index in [2.05, 4.69) is 26.9 Å². The van der Waals surface area contributed by atoms with Gasteiger partial charge in [0.2, 0.25) is 5.91 Å². The smallest absolute Gasteiger partial charge is 0.251 e. The monoisotopic (exact) mass is 526 g/mol. The molecule has 1 aliphatic carbocycles. The molecule has 2 aromatic heterocycles. The highest BCUT2D eigenvalue weighted by atomic mass is 32.2. The highest BCUT2D eigenvalue weighted by molar-refractivity contribution is 7.99. The molecule has 188 valence electrons. The molecule has 2 heterocycles. The molecule has 3 aromatic rings. The summed E-state index contributed by atoms with van der Waals surface area (Å²) in [6, 6.07) is 8.07. The van der Waals surface area contributed by atoms with E-state index >= 15 is 0 Å². The highest BCUT2D eigenvalue weighted by Crippen LogP contribution is 2.37. The average Bonchev–Trinajstić information content (AvgIpc) is 3.44. The van der Waals surface area contributed by atoms with E-state index in [4.69, 9.17) is 4.74 Å². The van der Waals surface area contributed by atoms with Gasteiger partial charge in [-0.05, 0) is 55.5 Å². The molecule has 1 atom stereocenters. The molecule has 0 aliphatic heterocycles. The minimum atomic E-state index is -0.782. The van der Waals surface area contributed by atoms with E-state index in [1.807, 2.05) is 0 Å². The third-order valence-electron chi connectivity index (χ3n) is 5.89. The zero-order valence-corrected chi connectivity index (χ0v) is 21.5. The summed E-state index contributed by atoms with van der Waals surface area (Å²) in [5.41, 5.74) is 2.06. The number of carbonyl (C=O) groups is 2. The Balaban J connectivity index is 1.38. The molecule has 0 saturated heterocycles. The summed E-state index contributed by atoms with van der Waals surface area (Å²) in [5.74, 6) is 0.444. The second kappa shape index (κ2) is 11.6. The minimum Gasteiger partial charge on any atom is -0.497 e. The number of hydrogen-bond acceptors (Lipinski definition) is 9. The normalized spacial score (nSPS) is 13.4. The predicted molar refractivity (Wildman–Crippen MR) is 136 cm³/mol. The van der Waals surface area contributed by atoms with Crippen molar-refractivity contribution in [1.29, 1.82) is 5.26 Å². The number of aliphatic hydroxyl groups excluding tert-OH is 1. The Labute approximate surface area is 216 Å². The molecule has 2 amide bonds. The molecule has 1 aliphatic rings. The fourth-order valence-electron chi connectivity index (χ4n) is 4.00. The number of nitrogens with zero attached hydrogens (tertiary/aromatic N) is 4. The van der Waals surface area contributed by atoms with Crippen molar-refractivity contribution >= 4 is 39.9 Å². The lowest BCUT2D eigenvalue weighted by Crippen LogP contribution is -2.32. The zero-order valence-electron chi connectivity index (χ0n) is 19.9. The number of thioether (sulfide) groups is 1. The number of ether oxygens (including phenoxy) is 1. The lowest BCUT2D eigenvalue weighted by atomic mass is 9.96. The van der Waals surface area contributed by atoms with Crippen LogP contribution in [0.2, 0.25) is 0 Å². The van der Waals surface area contributed by atoms with Gasteiger partial charge in [0, 0.05) is 17.5 Å². The Hall–Kier alpha value is -3.40. The lowest BCUT2D eigenvalue weighted by Gasteiger charge is -2.16. The Morgan fingerprint density at radius 2 is 2.03 bits per heavy atom. The van der Waals surface area contributed by atoms with Crippen molar-refractivity contribution in [2.45, 2.75) is 36.9 Å². The fourth-order valence-corrected chi connectivity index (χ4v) is 5.97. The van der Waals surface area contributed by atoms with E-state index in [0.717, 1.165) is 31.2 Å². The van der Waals surface area contributed by atoms with E-state index < -0.39 is 6.04 Å². The Kier molecular flexibility index (Phi) is 8.25. The second-order valence-electron chi connectivity index (χ2n) is 8.20. The SMILES string of the molecule is COc1ccc(C(=O)N[C@@H](CO)c2nnc(SCC(=O)Nc3sc4c(c3C#N)CCCC4)n2C)cc1. The molecule has 0 spiro atoms. The van der Waals surface area contributed by atoms with Gasteiger partial charge in [0.1, 0.15) is 22.9 Å². The van der Waals surface area contributed by atoms with E-state index in [-0.39, 0.29) is 24.2 Å². The van der Waals surface area contributed by atoms with Gasteiger partial charge in [0.05, 0.1) is 25.0 Å². The average molecular weight is 527 g/mol. The van der Waals surface area contributed by atoms with Crippen LogP contribution in [0, 0.1) is 11.3 Å². The van der Waals surface area contributed by atoms with Crippen LogP contribution in [0.4, 0.5) is 5.00 Å². The summed E-state index contributed by atoms with van der Waals surface area (Å²) in [6.07, 6.45) is 3.99. The number of rotatable bonds is 9. The van der Waals surface area contributed by atoms with Gasteiger partial charge in [-0.2, -0.15) is 5.26 Å². The van der Waals surface area contributed by atoms with E-state index in [0.29, 0.717) is 32.9 Å². The van der Waals surface area contributed by atoms with E-state index in [1.165, 1.54) is 28.0 Å². The van der Waals surface area contributed by atoms with Crippen LogP contribution in [-0.2, 0) is 24.7 Å². The Morgan fingerprint density at radius 3 is 2.72 bits per heavy atom. The Bertz CT molecular complexity index is 1300. The van der Waals surface area contributed by atoms with Crippen LogP contribution in [-0.4, -0.2) is 51.2 Å².